The molecular formula is C22H23N3O3. The van der Waals surface area contributed by atoms with Gasteiger partial charge in [-0.2, -0.15) is 0 Å². The number of benzene rings is 2. The van der Waals surface area contributed by atoms with Crippen LogP contribution in [0.4, 0.5) is 0 Å². The number of nitrogens with one attached hydrogen (secondary N) is 1. The minimum absolute atomic E-state index is 0.242. The lowest BCUT2D eigenvalue weighted by Crippen LogP contribution is -2.43. The lowest BCUT2D eigenvalue weighted by Gasteiger charge is -2.28. The van der Waals surface area contributed by atoms with Gasteiger partial charge in [0, 0.05) is 26.2 Å². The van der Waals surface area contributed by atoms with E-state index in [0.29, 0.717) is 17.7 Å². The van der Waals surface area contributed by atoms with Crippen molar-refractivity contribution in [3.8, 4) is 0 Å². The number of fused-ring (bicyclic) bond motifs is 2. The topological polar surface area (TPSA) is 69.7 Å². The van der Waals surface area contributed by atoms with Crippen LogP contribution in [0, 0.1) is 6.92 Å². The van der Waals surface area contributed by atoms with E-state index < -0.39 is 11.8 Å². The molecule has 2 aromatic carbocycles. The van der Waals surface area contributed by atoms with Crippen molar-refractivity contribution in [2.24, 2.45) is 0 Å². The van der Waals surface area contributed by atoms with E-state index in [-0.39, 0.29) is 12.5 Å². The first kappa shape index (κ1) is 18.4. The van der Waals surface area contributed by atoms with Crippen molar-refractivity contribution < 1.29 is 14.4 Å². The summed E-state index contributed by atoms with van der Waals surface area (Å²) >= 11 is 0. The van der Waals surface area contributed by atoms with Gasteiger partial charge in [0.25, 0.3) is 11.8 Å². The van der Waals surface area contributed by atoms with E-state index in [1.165, 1.54) is 11.1 Å². The monoisotopic (exact) mass is 377 g/mol. The molecule has 2 aliphatic heterocycles. The van der Waals surface area contributed by atoms with E-state index in [0.717, 1.165) is 36.5 Å². The maximum Gasteiger partial charge on any atom is 0.262 e. The molecule has 6 heteroatoms. The first-order valence-electron chi connectivity index (χ1n) is 9.55. The molecule has 0 saturated carbocycles. The van der Waals surface area contributed by atoms with E-state index >= 15 is 0 Å². The molecule has 2 aliphatic rings. The summed E-state index contributed by atoms with van der Waals surface area (Å²) in [5, 5.41) is 2.83. The second-order valence-electron chi connectivity index (χ2n) is 7.39. The molecule has 0 unspecified atom stereocenters. The lowest BCUT2D eigenvalue weighted by molar-refractivity contribution is -0.121. The van der Waals surface area contributed by atoms with Crippen LogP contribution in [-0.2, 0) is 17.8 Å². The van der Waals surface area contributed by atoms with Gasteiger partial charge in [0.05, 0.1) is 11.1 Å². The highest BCUT2D eigenvalue weighted by atomic mass is 16.2. The number of carbonyl (C=O) groups is 3. The number of imide groups is 1. The number of rotatable bonds is 5. The predicted molar refractivity (Wildman–Crippen MR) is 105 cm³/mol. The van der Waals surface area contributed by atoms with Crippen LogP contribution in [0.3, 0.4) is 0 Å². The van der Waals surface area contributed by atoms with Crippen molar-refractivity contribution in [1.29, 1.82) is 0 Å². The van der Waals surface area contributed by atoms with Crippen LogP contribution in [0.2, 0.25) is 0 Å². The molecular weight excluding hydrogens is 354 g/mol. The molecule has 2 aromatic rings. The molecule has 0 aromatic heterocycles. The van der Waals surface area contributed by atoms with Gasteiger partial charge in [-0.15, -0.1) is 0 Å². The van der Waals surface area contributed by atoms with E-state index in [1.807, 2.05) is 13.0 Å². The third-order valence-corrected chi connectivity index (χ3v) is 5.39. The van der Waals surface area contributed by atoms with Gasteiger partial charge in [0.2, 0.25) is 5.91 Å². The number of hydrogen-bond acceptors (Lipinski definition) is 4. The summed E-state index contributed by atoms with van der Waals surface area (Å²) in [5.41, 5.74) is 4.39. The average molecular weight is 377 g/mol. The van der Waals surface area contributed by atoms with E-state index in [4.69, 9.17) is 0 Å². The maximum atomic E-state index is 12.4. The molecule has 28 heavy (non-hydrogen) atoms. The Kier molecular flexibility index (Phi) is 4.96. The first-order chi connectivity index (χ1) is 13.5. The standard InChI is InChI=1S/C22H23N3O3/c1-15-6-7-18-19(12-15)22(28)25(21(18)27)14-20(26)23-9-11-24-10-8-16-4-2-3-5-17(16)13-24/h2-7,12H,8-11,13-14H2,1H3,(H,23,26). The largest absolute Gasteiger partial charge is 0.353 e. The second-order valence-corrected chi connectivity index (χ2v) is 7.39. The molecule has 2 heterocycles. The van der Waals surface area contributed by atoms with Crippen LogP contribution in [0.15, 0.2) is 42.5 Å². The van der Waals surface area contributed by atoms with Gasteiger partial charge in [-0.05, 0) is 36.6 Å². The fraction of sp³-hybridized carbons (Fsp3) is 0.318. The van der Waals surface area contributed by atoms with Crippen molar-refractivity contribution in [3.63, 3.8) is 0 Å². The molecule has 0 spiro atoms. The number of hydrogen-bond donors (Lipinski definition) is 1. The molecule has 4 rings (SSSR count). The Morgan fingerprint density at radius 3 is 2.61 bits per heavy atom. The third-order valence-electron chi connectivity index (χ3n) is 5.39. The van der Waals surface area contributed by atoms with Gasteiger partial charge < -0.3 is 5.32 Å². The number of amides is 3. The maximum absolute atomic E-state index is 12.4. The van der Waals surface area contributed by atoms with Crippen molar-refractivity contribution >= 4 is 17.7 Å². The lowest BCUT2D eigenvalue weighted by atomic mass is 10.00. The smallest absolute Gasteiger partial charge is 0.262 e. The summed E-state index contributed by atoms with van der Waals surface area (Å²) in [6.45, 7) is 4.69. The molecule has 0 radical (unpaired) electrons. The molecule has 0 aliphatic carbocycles. The normalized spacial score (nSPS) is 16.1. The van der Waals surface area contributed by atoms with Crippen LogP contribution in [0.25, 0.3) is 0 Å². The van der Waals surface area contributed by atoms with E-state index in [1.54, 1.807) is 18.2 Å². The summed E-state index contributed by atoms with van der Waals surface area (Å²) < 4.78 is 0. The van der Waals surface area contributed by atoms with Crippen LogP contribution >= 0.6 is 0 Å². The van der Waals surface area contributed by atoms with Gasteiger partial charge in [-0.1, -0.05) is 35.9 Å². The summed E-state index contributed by atoms with van der Waals surface area (Å²) in [7, 11) is 0. The van der Waals surface area contributed by atoms with Gasteiger partial charge in [0.1, 0.15) is 6.54 Å². The zero-order valence-electron chi connectivity index (χ0n) is 15.9. The molecule has 0 fully saturated rings. The van der Waals surface area contributed by atoms with Gasteiger partial charge in [0.15, 0.2) is 0 Å². The summed E-state index contributed by atoms with van der Waals surface area (Å²) in [4.78, 5) is 40.5. The van der Waals surface area contributed by atoms with Crippen molar-refractivity contribution in [2.45, 2.75) is 19.9 Å². The number of aryl methyl sites for hydroxylation is 1. The van der Waals surface area contributed by atoms with E-state index in [2.05, 4.69) is 28.4 Å². The zero-order valence-corrected chi connectivity index (χ0v) is 15.9. The van der Waals surface area contributed by atoms with Gasteiger partial charge >= 0.3 is 0 Å². The third kappa shape index (κ3) is 3.55. The highest BCUT2D eigenvalue weighted by Crippen LogP contribution is 2.23. The molecule has 0 saturated heterocycles. The fourth-order valence-electron chi connectivity index (χ4n) is 3.85. The van der Waals surface area contributed by atoms with Crippen LogP contribution in [-0.4, -0.2) is 53.7 Å². The Labute approximate surface area is 164 Å². The summed E-state index contributed by atoms with van der Waals surface area (Å²) in [6, 6.07) is 13.6. The molecule has 6 nitrogen and oxygen atoms in total. The Morgan fingerprint density at radius 2 is 1.79 bits per heavy atom. The number of nitrogens with zero attached hydrogens (tertiary/aromatic N) is 2. The Bertz CT molecular complexity index is 954. The quantitative estimate of drug-likeness (QED) is 0.807. The Morgan fingerprint density at radius 1 is 1.04 bits per heavy atom. The second kappa shape index (κ2) is 7.56. The predicted octanol–water partition coefficient (Wildman–Crippen LogP) is 1.77. The highest BCUT2D eigenvalue weighted by Gasteiger charge is 2.36. The zero-order chi connectivity index (χ0) is 19.7. The summed E-state index contributed by atoms with van der Waals surface area (Å²) in [6.07, 6.45) is 1.01. The molecule has 0 atom stereocenters. The minimum Gasteiger partial charge on any atom is -0.353 e. The van der Waals surface area contributed by atoms with Crippen molar-refractivity contribution in [2.75, 3.05) is 26.2 Å². The van der Waals surface area contributed by atoms with Crippen molar-refractivity contribution in [3.05, 3.63) is 70.3 Å². The minimum atomic E-state index is -0.400. The Balaban J connectivity index is 1.28. The van der Waals surface area contributed by atoms with Crippen LogP contribution < -0.4 is 5.32 Å². The summed E-state index contributed by atoms with van der Waals surface area (Å²) in [5.74, 6) is -1.11. The van der Waals surface area contributed by atoms with Crippen molar-refractivity contribution in [1.82, 2.24) is 15.1 Å². The van der Waals surface area contributed by atoms with Gasteiger partial charge in [-0.25, -0.2) is 0 Å². The fourth-order valence-corrected chi connectivity index (χ4v) is 3.85. The molecule has 0 bridgehead atoms. The van der Waals surface area contributed by atoms with Crippen LogP contribution in [0.5, 0.6) is 0 Å². The van der Waals surface area contributed by atoms with E-state index in [9.17, 15) is 14.4 Å². The molecule has 3 amide bonds. The first-order valence-corrected chi connectivity index (χ1v) is 9.55. The highest BCUT2D eigenvalue weighted by molar-refractivity contribution is 6.22. The van der Waals surface area contributed by atoms with Gasteiger partial charge in [-0.3, -0.25) is 24.2 Å². The molecule has 144 valence electrons. The number of carbonyl (C=O) groups excluding carboxylic acids is 3. The Hall–Kier alpha value is -2.99. The molecule has 1 N–H and O–H groups in total. The SMILES string of the molecule is Cc1ccc2c(c1)C(=O)N(CC(=O)NCCN1CCc3ccccc3C1)C2=O. The average Bonchev–Trinajstić information content (AvgIpc) is 2.92. The van der Waals surface area contributed by atoms with Crippen LogP contribution in [0.1, 0.15) is 37.4 Å².